The zero-order valence-electron chi connectivity index (χ0n) is 20.8. The lowest BCUT2D eigenvalue weighted by atomic mass is 9.87. The maximum absolute atomic E-state index is 10.9. The SMILES string of the molecule is CC/C(=C(\c1ccc(C=CC(=O)O)cc1)c1ccc2c(cnn2C2CCCCO2)c1)c1ccc(O)cc1. The zero-order chi connectivity index (χ0) is 25.8. The number of aliphatic carboxylic acids is 1. The van der Waals surface area contributed by atoms with Crippen LogP contribution in [0.5, 0.6) is 5.75 Å². The summed E-state index contributed by atoms with van der Waals surface area (Å²) in [6.07, 6.45) is 8.59. The molecule has 1 saturated heterocycles. The number of nitrogens with zero attached hydrogens (tertiary/aromatic N) is 2. The predicted molar refractivity (Wildman–Crippen MR) is 146 cm³/mol. The summed E-state index contributed by atoms with van der Waals surface area (Å²) in [6.45, 7) is 2.89. The Bertz CT molecular complexity index is 1460. The molecule has 1 fully saturated rings. The highest BCUT2D eigenvalue weighted by Crippen LogP contribution is 2.37. The molecule has 37 heavy (non-hydrogen) atoms. The van der Waals surface area contributed by atoms with Crippen LogP contribution in [0.25, 0.3) is 28.1 Å². The number of carbonyl (C=O) groups is 1. The topological polar surface area (TPSA) is 84.6 Å². The number of phenols is 1. The Morgan fingerprint density at radius 3 is 2.43 bits per heavy atom. The molecule has 1 aromatic heterocycles. The van der Waals surface area contributed by atoms with Gasteiger partial charge in [-0.3, -0.25) is 0 Å². The number of benzene rings is 3. The summed E-state index contributed by atoms with van der Waals surface area (Å²) in [5.41, 5.74) is 7.23. The van der Waals surface area contributed by atoms with Crippen molar-refractivity contribution in [3.63, 3.8) is 0 Å². The van der Waals surface area contributed by atoms with Crippen molar-refractivity contribution < 1.29 is 19.7 Å². The van der Waals surface area contributed by atoms with Gasteiger partial charge in [-0.2, -0.15) is 5.10 Å². The van der Waals surface area contributed by atoms with E-state index in [1.807, 2.05) is 47.3 Å². The van der Waals surface area contributed by atoms with E-state index in [1.54, 1.807) is 18.2 Å². The maximum atomic E-state index is 10.9. The van der Waals surface area contributed by atoms with Crippen LogP contribution in [-0.2, 0) is 9.53 Å². The van der Waals surface area contributed by atoms with Crippen LogP contribution < -0.4 is 0 Å². The minimum atomic E-state index is -0.974. The average Bonchev–Trinajstić information content (AvgIpc) is 3.35. The number of aromatic nitrogens is 2. The molecule has 0 spiro atoms. The summed E-state index contributed by atoms with van der Waals surface area (Å²) < 4.78 is 7.97. The van der Waals surface area contributed by atoms with Crippen LogP contribution in [-0.4, -0.2) is 32.6 Å². The molecule has 0 radical (unpaired) electrons. The fourth-order valence-corrected chi connectivity index (χ4v) is 4.99. The van der Waals surface area contributed by atoms with Crippen LogP contribution in [0.15, 0.2) is 79.0 Å². The molecule has 3 aromatic carbocycles. The highest BCUT2D eigenvalue weighted by molar-refractivity contribution is 6.00. The number of carboxylic acid groups (broad SMARTS) is 1. The van der Waals surface area contributed by atoms with E-state index in [1.165, 1.54) is 0 Å². The van der Waals surface area contributed by atoms with Gasteiger partial charge in [-0.1, -0.05) is 49.4 Å². The van der Waals surface area contributed by atoms with E-state index >= 15 is 0 Å². The minimum absolute atomic E-state index is 0.0262. The smallest absolute Gasteiger partial charge is 0.328 e. The number of aromatic hydroxyl groups is 1. The first-order valence-electron chi connectivity index (χ1n) is 12.7. The lowest BCUT2D eigenvalue weighted by molar-refractivity contribution is -0.131. The molecule has 5 rings (SSSR count). The first kappa shape index (κ1) is 24.5. The summed E-state index contributed by atoms with van der Waals surface area (Å²) in [6, 6.07) is 21.6. The molecule has 1 aliphatic heterocycles. The third kappa shape index (κ3) is 5.34. The monoisotopic (exact) mass is 494 g/mol. The van der Waals surface area contributed by atoms with Gasteiger partial charge in [-0.05, 0) is 89.4 Å². The van der Waals surface area contributed by atoms with Gasteiger partial charge in [0, 0.05) is 18.1 Å². The molecule has 2 heterocycles. The van der Waals surface area contributed by atoms with Gasteiger partial charge < -0.3 is 14.9 Å². The standard InChI is InChI=1S/C31H30N2O4/c1-2-27(22-11-14-26(34)15-12-22)31(23-9-6-21(7-10-23)8-17-30(35)36)24-13-16-28-25(19-24)20-32-33(28)29-5-3-4-18-37-29/h6-17,19-20,29,34H,2-5,18H2,1H3,(H,35,36)/b17-8?,31-27-. The largest absolute Gasteiger partial charge is 0.508 e. The van der Waals surface area contributed by atoms with Crippen molar-refractivity contribution in [3.05, 3.63) is 101 Å². The number of hydrogen-bond acceptors (Lipinski definition) is 4. The summed E-state index contributed by atoms with van der Waals surface area (Å²) in [5.74, 6) is -0.744. The number of rotatable bonds is 7. The average molecular weight is 495 g/mol. The van der Waals surface area contributed by atoms with Crippen molar-refractivity contribution in [1.29, 1.82) is 0 Å². The van der Waals surface area contributed by atoms with Gasteiger partial charge in [-0.25, -0.2) is 9.48 Å². The van der Waals surface area contributed by atoms with Gasteiger partial charge >= 0.3 is 5.97 Å². The molecule has 0 saturated carbocycles. The van der Waals surface area contributed by atoms with Crippen LogP contribution in [0.3, 0.4) is 0 Å². The number of fused-ring (bicyclic) bond motifs is 1. The molecule has 0 aliphatic carbocycles. The summed E-state index contributed by atoms with van der Waals surface area (Å²) in [5, 5.41) is 24.5. The molecule has 1 aliphatic rings. The lowest BCUT2D eigenvalue weighted by Gasteiger charge is -2.23. The highest BCUT2D eigenvalue weighted by Gasteiger charge is 2.20. The van der Waals surface area contributed by atoms with E-state index in [4.69, 9.17) is 9.84 Å². The molecular formula is C31H30N2O4. The van der Waals surface area contributed by atoms with Crippen molar-refractivity contribution in [2.75, 3.05) is 6.61 Å². The Balaban J connectivity index is 1.62. The van der Waals surface area contributed by atoms with Gasteiger partial charge in [-0.15, -0.1) is 0 Å². The van der Waals surface area contributed by atoms with E-state index in [0.717, 1.165) is 82.7 Å². The molecule has 0 amide bonds. The third-order valence-electron chi connectivity index (χ3n) is 6.80. The Labute approximate surface area is 216 Å². The van der Waals surface area contributed by atoms with Crippen LogP contribution in [0.4, 0.5) is 0 Å². The fourth-order valence-electron chi connectivity index (χ4n) is 4.99. The van der Waals surface area contributed by atoms with E-state index < -0.39 is 5.97 Å². The second kappa shape index (κ2) is 10.8. The number of allylic oxidation sites excluding steroid dienone is 1. The first-order valence-corrected chi connectivity index (χ1v) is 12.7. The van der Waals surface area contributed by atoms with Crippen LogP contribution in [0.2, 0.25) is 0 Å². The van der Waals surface area contributed by atoms with Gasteiger partial charge in [0.05, 0.1) is 11.7 Å². The van der Waals surface area contributed by atoms with Crippen molar-refractivity contribution in [2.24, 2.45) is 0 Å². The second-order valence-corrected chi connectivity index (χ2v) is 9.23. The minimum Gasteiger partial charge on any atom is -0.508 e. The van der Waals surface area contributed by atoms with E-state index in [0.29, 0.717) is 0 Å². The highest BCUT2D eigenvalue weighted by atomic mass is 16.5. The van der Waals surface area contributed by atoms with Crippen molar-refractivity contribution in [2.45, 2.75) is 38.8 Å². The molecule has 0 bridgehead atoms. The summed E-state index contributed by atoms with van der Waals surface area (Å²) in [4.78, 5) is 10.9. The quantitative estimate of drug-likeness (QED) is 0.215. The van der Waals surface area contributed by atoms with Crippen molar-refractivity contribution in [3.8, 4) is 5.75 Å². The fraction of sp³-hybridized carbons (Fsp3) is 0.226. The van der Waals surface area contributed by atoms with Crippen LogP contribution in [0, 0.1) is 0 Å². The first-order chi connectivity index (χ1) is 18.0. The van der Waals surface area contributed by atoms with Crippen LogP contribution >= 0.6 is 0 Å². The molecule has 6 nitrogen and oxygen atoms in total. The Morgan fingerprint density at radius 1 is 1.03 bits per heavy atom. The number of hydrogen-bond donors (Lipinski definition) is 2. The molecule has 4 aromatic rings. The van der Waals surface area contributed by atoms with Gasteiger partial charge in [0.1, 0.15) is 5.75 Å². The Morgan fingerprint density at radius 2 is 1.76 bits per heavy atom. The molecule has 1 atom stereocenters. The molecule has 1 unspecified atom stereocenters. The third-order valence-corrected chi connectivity index (χ3v) is 6.80. The van der Waals surface area contributed by atoms with E-state index in [-0.39, 0.29) is 12.0 Å². The molecule has 188 valence electrons. The second-order valence-electron chi connectivity index (χ2n) is 9.23. The van der Waals surface area contributed by atoms with Gasteiger partial charge in [0.2, 0.25) is 0 Å². The number of phenolic OH excluding ortho intramolecular Hbond substituents is 1. The summed E-state index contributed by atoms with van der Waals surface area (Å²) in [7, 11) is 0. The van der Waals surface area contributed by atoms with Gasteiger partial charge in [0.15, 0.2) is 6.23 Å². The molecule has 2 N–H and O–H groups in total. The predicted octanol–water partition coefficient (Wildman–Crippen LogP) is 6.91. The lowest BCUT2D eigenvalue weighted by Crippen LogP contribution is -2.18. The van der Waals surface area contributed by atoms with E-state index in [9.17, 15) is 9.90 Å². The molecule has 6 heteroatoms. The van der Waals surface area contributed by atoms with Gasteiger partial charge in [0.25, 0.3) is 0 Å². The normalized spacial score (nSPS) is 16.7. The Hall–Kier alpha value is -4.16. The zero-order valence-corrected chi connectivity index (χ0v) is 20.8. The maximum Gasteiger partial charge on any atom is 0.328 e. The Kier molecular flexibility index (Phi) is 7.19. The molecular weight excluding hydrogens is 464 g/mol. The number of ether oxygens (including phenoxy) is 1. The van der Waals surface area contributed by atoms with Crippen molar-refractivity contribution >= 4 is 34.1 Å². The van der Waals surface area contributed by atoms with Crippen molar-refractivity contribution in [1.82, 2.24) is 9.78 Å². The van der Waals surface area contributed by atoms with Crippen LogP contribution in [0.1, 0.15) is 61.1 Å². The van der Waals surface area contributed by atoms with E-state index in [2.05, 4.69) is 30.2 Å². The summed E-state index contributed by atoms with van der Waals surface area (Å²) >= 11 is 0. The number of carboxylic acids is 1.